The molecule has 1 aromatic rings. The van der Waals surface area contributed by atoms with Crippen molar-refractivity contribution >= 4 is 21.5 Å². The Bertz CT molecular complexity index is 551. The number of nitrogens with one attached hydrogen (secondary N) is 1. The lowest BCUT2D eigenvalue weighted by molar-refractivity contribution is 0.479. The van der Waals surface area contributed by atoms with Crippen molar-refractivity contribution in [3.63, 3.8) is 0 Å². The van der Waals surface area contributed by atoms with E-state index in [1.54, 1.807) is 7.05 Å². The average Bonchev–Trinajstić information content (AvgIpc) is 2.55. The van der Waals surface area contributed by atoms with Gasteiger partial charge in [-0.2, -0.15) is 5.10 Å². The summed E-state index contributed by atoms with van der Waals surface area (Å²) in [5.74, 6) is 0.657. The first kappa shape index (κ1) is 13.2. The van der Waals surface area contributed by atoms with Gasteiger partial charge in [-0.3, -0.25) is 0 Å². The molecule has 3 N–H and O–H groups in total. The van der Waals surface area contributed by atoms with Crippen LogP contribution in [0.15, 0.2) is 4.90 Å². The van der Waals surface area contributed by atoms with Crippen LogP contribution in [0.3, 0.4) is 0 Å². The number of hydrogen-bond acceptors (Lipinski definition) is 6. The molecule has 0 bridgehead atoms. The van der Waals surface area contributed by atoms with Crippen molar-refractivity contribution in [3.8, 4) is 0 Å². The number of aryl methyl sites for hydroxylation is 1. The van der Waals surface area contributed by atoms with E-state index >= 15 is 0 Å². The highest BCUT2D eigenvalue weighted by atomic mass is 32.2. The molecule has 18 heavy (non-hydrogen) atoms. The van der Waals surface area contributed by atoms with E-state index in [-0.39, 0.29) is 10.7 Å². The topological polar surface area (TPSA) is 93.2 Å². The first-order chi connectivity index (χ1) is 8.30. The van der Waals surface area contributed by atoms with Crippen molar-refractivity contribution in [2.24, 2.45) is 7.05 Å². The maximum atomic E-state index is 11.8. The SMILES string of the molecule is C[C@@H]1CN(c2nn(C)c(N)c2S(C)(=O)=O)CCN1. The van der Waals surface area contributed by atoms with E-state index in [9.17, 15) is 8.42 Å². The highest BCUT2D eigenvalue weighted by Gasteiger charge is 2.28. The Morgan fingerprint density at radius 2 is 2.17 bits per heavy atom. The van der Waals surface area contributed by atoms with Gasteiger partial charge in [-0.05, 0) is 6.92 Å². The van der Waals surface area contributed by atoms with Gasteiger partial charge in [-0.25, -0.2) is 13.1 Å². The summed E-state index contributed by atoms with van der Waals surface area (Å²) in [6, 6.07) is 0.300. The van der Waals surface area contributed by atoms with Crippen LogP contribution in [0.5, 0.6) is 0 Å². The van der Waals surface area contributed by atoms with Crippen molar-refractivity contribution in [2.45, 2.75) is 17.9 Å². The molecule has 0 radical (unpaired) electrons. The van der Waals surface area contributed by atoms with Crippen LogP contribution < -0.4 is 16.0 Å². The molecule has 0 saturated carbocycles. The molecule has 2 heterocycles. The Labute approximate surface area is 107 Å². The fourth-order valence-corrected chi connectivity index (χ4v) is 3.20. The van der Waals surface area contributed by atoms with E-state index in [1.165, 1.54) is 4.68 Å². The van der Waals surface area contributed by atoms with Gasteiger partial charge in [0.1, 0.15) is 5.82 Å². The third-order valence-electron chi connectivity index (χ3n) is 3.07. The molecule has 0 unspecified atom stereocenters. The van der Waals surface area contributed by atoms with Crippen LogP contribution in [0.25, 0.3) is 0 Å². The van der Waals surface area contributed by atoms with Crippen LogP contribution in [-0.4, -0.2) is 50.1 Å². The third-order valence-corrected chi connectivity index (χ3v) is 4.20. The van der Waals surface area contributed by atoms with Crippen molar-refractivity contribution in [1.82, 2.24) is 15.1 Å². The van der Waals surface area contributed by atoms with Gasteiger partial charge < -0.3 is 16.0 Å². The van der Waals surface area contributed by atoms with Crippen LogP contribution >= 0.6 is 0 Å². The van der Waals surface area contributed by atoms with Gasteiger partial charge in [0.15, 0.2) is 20.6 Å². The van der Waals surface area contributed by atoms with Crippen LogP contribution in [-0.2, 0) is 16.9 Å². The molecule has 0 spiro atoms. The minimum atomic E-state index is -3.38. The Morgan fingerprint density at radius 3 is 2.72 bits per heavy atom. The lowest BCUT2D eigenvalue weighted by Crippen LogP contribution is -2.49. The molecule has 0 aromatic carbocycles. The predicted octanol–water partition coefficient (Wildman–Crippen LogP) is -0.796. The van der Waals surface area contributed by atoms with Crippen LogP contribution in [0.2, 0.25) is 0 Å². The summed E-state index contributed by atoms with van der Waals surface area (Å²) in [4.78, 5) is 2.10. The summed E-state index contributed by atoms with van der Waals surface area (Å²) >= 11 is 0. The fourth-order valence-electron chi connectivity index (χ4n) is 2.19. The van der Waals surface area contributed by atoms with Gasteiger partial charge >= 0.3 is 0 Å². The Kier molecular flexibility index (Phi) is 3.24. The highest BCUT2D eigenvalue weighted by Crippen LogP contribution is 2.29. The minimum absolute atomic E-state index is 0.138. The largest absolute Gasteiger partial charge is 0.383 e. The average molecular weight is 273 g/mol. The normalized spacial score (nSPS) is 21.3. The third kappa shape index (κ3) is 2.30. The zero-order valence-electron chi connectivity index (χ0n) is 10.8. The molecule has 1 saturated heterocycles. The van der Waals surface area contributed by atoms with E-state index in [0.717, 1.165) is 25.9 Å². The molecule has 102 valence electrons. The maximum Gasteiger partial charge on any atom is 0.182 e. The number of nitrogens with two attached hydrogens (primary N) is 1. The van der Waals surface area contributed by atoms with Gasteiger partial charge in [0.05, 0.1) is 0 Å². The van der Waals surface area contributed by atoms with Gasteiger partial charge in [0, 0.05) is 39.0 Å². The van der Waals surface area contributed by atoms with Crippen molar-refractivity contribution < 1.29 is 8.42 Å². The number of hydrogen-bond donors (Lipinski definition) is 2. The van der Waals surface area contributed by atoms with Crippen molar-refractivity contribution in [1.29, 1.82) is 0 Å². The lowest BCUT2D eigenvalue weighted by Gasteiger charge is -2.32. The number of nitrogens with zero attached hydrogens (tertiary/aromatic N) is 3. The summed E-state index contributed by atoms with van der Waals surface area (Å²) in [5.41, 5.74) is 5.81. The molecule has 0 amide bonds. The maximum absolute atomic E-state index is 11.8. The number of aromatic nitrogens is 2. The molecule has 1 aliphatic rings. The quantitative estimate of drug-likeness (QED) is 0.733. The zero-order chi connectivity index (χ0) is 13.5. The predicted molar refractivity (Wildman–Crippen MR) is 70.4 cm³/mol. The second kappa shape index (κ2) is 4.43. The van der Waals surface area contributed by atoms with Crippen LogP contribution in [0.1, 0.15) is 6.92 Å². The number of piperazine rings is 1. The fraction of sp³-hybridized carbons (Fsp3) is 0.700. The first-order valence-corrected chi connectivity index (χ1v) is 7.70. The van der Waals surface area contributed by atoms with Gasteiger partial charge in [-0.1, -0.05) is 0 Å². The number of sulfone groups is 1. The number of rotatable bonds is 2. The van der Waals surface area contributed by atoms with Crippen LogP contribution in [0.4, 0.5) is 11.6 Å². The second-order valence-electron chi connectivity index (χ2n) is 4.73. The molecule has 2 rings (SSSR count). The summed E-state index contributed by atoms with van der Waals surface area (Å²) in [6.45, 7) is 4.31. The Morgan fingerprint density at radius 1 is 1.50 bits per heavy atom. The Hall–Kier alpha value is -1.28. The Balaban J connectivity index is 2.48. The molecular formula is C10H19N5O2S. The molecule has 1 aromatic heterocycles. The van der Waals surface area contributed by atoms with Crippen molar-refractivity contribution in [3.05, 3.63) is 0 Å². The minimum Gasteiger partial charge on any atom is -0.383 e. The molecule has 8 heteroatoms. The molecular weight excluding hydrogens is 254 g/mol. The molecule has 1 atom stereocenters. The summed E-state index contributed by atoms with van der Waals surface area (Å²) < 4.78 is 25.1. The number of anilines is 2. The first-order valence-electron chi connectivity index (χ1n) is 5.81. The molecule has 7 nitrogen and oxygen atoms in total. The lowest BCUT2D eigenvalue weighted by atomic mass is 10.2. The standard InChI is InChI=1S/C10H19N5O2S/c1-7-6-15(5-4-12-7)10-8(18(3,16)17)9(11)14(2)13-10/h7,12H,4-6,11H2,1-3H3/t7-/m1/s1. The van der Waals surface area contributed by atoms with Gasteiger partial charge in [0.25, 0.3) is 0 Å². The van der Waals surface area contributed by atoms with E-state index in [4.69, 9.17) is 5.73 Å². The van der Waals surface area contributed by atoms with E-state index < -0.39 is 9.84 Å². The van der Waals surface area contributed by atoms with Crippen molar-refractivity contribution in [2.75, 3.05) is 36.5 Å². The summed E-state index contributed by atoms with van der Waals surface area (Å²) in [5, 5.41) is 7.55. The monoisotopic (exact) mass is 273 g/mol. The van der Waals surface area contributed by atoms with E-state index in [2.05, 4.69) is 17.3 Å². The van der Waals surface area contributed by atoms with E-state index in [0.29, 0.717) is 11.9 Å². The van der Waals surface area contributed by atoms with E-state index in [1.807, 2.05) is 4.90 Å². The zero-order valence-corrected chi connectivity index (χ0v) is 11.7. The van der Waals surface area contributed by atoms with Gasteiger partial charge in [-0.15, -0.1) is 0 Å². The van der Waals surface area contributed by atoms with Crippen LogP contribution in [0, 0.1) is 0 Å². The van der Waals surface area contributed by atoms with Gasteiger partial charge in [0.2, 0.25) is 0 Å². The summed E-state index contributed by atoms with van der Waals surface area (Å²) in [6.07, 6.45) is 1.16. The molecule has 1 aliphatic heterocycles. The second-order valence-corrected chi connectivity index (χ2v) is 6.69. The molecule has 1 fully saturated rings. The highest BCUT2D eigenvalue weighted by molar-refractivity contribution is 7.91. The smallest absolute Gasteiger partial charge is 0.182 e. The number of nitrogen functional groups attached to an aromatic ring is 1. The molecule has 0 aliphatic carbocycles. The summed E-state index contributed by atoms with van der Waals surface area (Å²) in [7, 11) is -1.73.